The minimum atomic E-state index is -0.836. The SMILES string of the molecule is OC(Cl)/C=C/CBr. The maximum absolute atomic E-state index is 8.34. The maximum Gasteiger partial charge on any atom is 0.146 e. The number of allylic oxidation sites excluding steroid dienone is 1. The van der Waals surface area contributed by atoms with Gasteiger partial charge in [-0.05, 0) is 6.08 Å². The second kappa shape index (κ2) is 4.62. The van der Waals surface area contributed by atoms with E-state index in [0.29, 0.717) is 0 Å². The molecule has 1 N–H and O–H groups in total. The molecule has 0 radical (unpaired) electrons. The largest absolute Gasteiger partial charge is 0.374 e. The molecule has 0 bridgehead atoms. The van der Waals surface area contributed by atoms with E-state index in [4.69, 9.17) is 16.7 Å². The summed E-state index contributed by atoms with van der Waals surface area (Å²) >= 11 is 8.23. The highest BCUT2D eigenvalue weighted by molar-refractivity contribution is 9.09. The molecule has 7 heavy (non-hydrogen) atoms. The molecule has 0 aliphatic rings. The second-order valence-corrected chi connectivity index (χ2v) is 2.05. The van der Waals surface area contributed by atoms with E-state index in [2.05, 4.69) is 15.9 Å². The highest BCUT2D eigenvalue weighted by Gasteiger charge is 1.83. The van der Waals surface area contributed by atoms with Crippen LogP contribution in [0.3, 0.4) is 0 Å². The fourth-order valence-corrected chi connectivity index (χ4v) is 0.482. The number of halogens is 2. The molecular weight excluding hydrogens is 179 g/mol. The maximum atomic E-state index is 8.34. The lowest BCUT2D eigenvalue weighted by atomic mass is 10.6. The van der Waals surface area contributed by atoms with E-state index in [-0.39, 0.29) is 0 Å². The lowest BCUT2D eigenvalue weighted by Gasteiger charge is -1.85. The number of aliphatic hydroxyl groups is 1. The first kappa shape index (κ1) is 7.47. The van der Waals surface area contributed by atoms with Crippen molar-refractivity contribution in [3.63, 3.8) is 0 Å². The van der Waals surface area contributed by atoms with E-state index in [1.165, 1.54) is 6.08 Å². The zero-order chi connectivity index (χ0) is 5.70. The van der Waals surface area contributed by atoms with E-state index >= 15 is 0 Å². The summed E-state index contributed by atoms with van der Waals surface area (Å²) < 4.78 is 0. The molecule has 0 aliphatic carbocycles. The van der Waals surface area contributed by atoms with Gasteiger partial charge >= 0.3 is 0 Å². The summed E-state index contributed by atoms with van der Waals surface area (Å²) in [7, 11) is 0. The van der Waals surface area contributed by atoms with Gasteiger partial charge in [0.05, 0.1) is 0 Å². The van der Waals surface area contributed by atoms with Gasteiger partial charge in [0.1, 0.15) is 5.56 Å². The molecule has 1 nitrogen and oxygen atoms in total. The Labute approximate surface area is 56.1 Å². The Bertz CT molecular complexity index is 62.7. The molecule has 0 rings (SSSR count). The van der Waals surface area contributed by atoms with Crippen LogP contribution in [0.1, 0.15) is 0 Å². The van der Waals surface area contributed by atoms with Crippen LogP contribution >= 0.6 is 27.5 Å². The van der Waals surface area contributed by atoms with Crippen molar-refractivity contribution in [2.75, 3.05) is 5.33 Å². The van der Waals surface area contributed by atoms with Crippen LogP contribution in [0.25, 0.3) is 0 Å². The molecule has 42 valence electrons. The Hall–Kier alpha value is 0.470. The van der Waals surface area contributed by atoms with Crippen LogP contribution in [-0.2, 0) is 0 Å². The van der Waals surface area contributed by atoms with Crippen molar-refractivity contribution in [3.8, 4) is 0 Å². The Balaban J connectivity index is 3.08. The van der Waals surface area contributed by atoms with Crippen LogP contribution in [0.15, 0.2) is 12.2 Å². The van der Waals surface area contributed by atoms with Gasteiger partial charge in [0.25, 0.3) is 0 Å². The molecule has 0 aromatic rings. The summed E-state index contributed by atoms with van der Waals surface area (Å²) in [6, 6.07) is 0. The predicted octanol–water partition coefficient (Wildman–Crippen LogP) is 1.49. The average Bonchev–Trinajstić information content (AvgIpc) is 1.61. The van der Waals surface area contributed by atoms with E-state index in [9.17, 15) is 0 Å². The molecule has 0 amide bonds. The van der Waals surface area contributed by atoms with Crippen LogP contribution < -0.4 is 0 Å². The molecule has 0 aliphatic heterocycles. The van der Waals surface area contributed by atoms with Crippen LogP contribution in [-0.4, -0.2) is 16.0 Å². The molecule has 0 saturated heterocycles. The zero-order valence-corrected chi connectivity index (χ0v) is 5.98. The molecule has 3 heteroatoms. The van der Waals surface area contributed by atoms with Gasteiger partial charge in [-0.1, -0.05) is 33.6 Å². The first-order chi connectivity index (χ1) is 3.27. The summed E-state index contributed by atoms with van der Waals surface area (Å²) in [5.74, 6) is 0. The fraction of sp³-hybridized carbons (Fsp3) is 0.500. The van der Waals surface area contributed by atoms with Crippen molar-refractivity contribution in [2.45, 2.75) is 5.56 Å². The van der Waals surface area contributed by atoms with Crippen molar-refractivity contribution in [3.05, 3.63) is 12.2 Å². The molecule has 1 unspecified atom stereocenters. The molecular formula is C4H6BrClO. The Kier molecular flexibility index (Phi) is 4.94. The predicted molar refractivity (Wildman–Crippen MR) is 34.8 cm³/mol. The van der Waals surface area contributed by atoms with Gasteiger partial charge in [-0.2, -0.15) is 0 Å². The molecule has 0 spiro atoms. The number of hydrogen-bond acceptors (Lipinski definition) is 1. The Morgan fingerprint density at radius 2 is 2.43 bits per heavy atom. The highest BCUT2D eigenvalue weighted by atomic mass is 79.9. The lowest BCUT2D eigenvalue weighted by Crippen LogP contribution is -1.86. The van der Waals surface area contributed by atoms with Gasteiger partial charge in [-0.25, -0.2) is 0 Å². The van der Waals surface area contributed by atoms with Gasteiger partial charge in [0.15, 0.2) is 0 Å². The lowest BCUT2D eigenvalue weighted by molar-refractivity contribution is 0.303. The minimum absolute atomic E-state index is 0.733. The average molecular weight is 185 g/mol. The summed E-state index contributed by atoms with van der Waals surface area (Å²) in [5, 5.41) is 9.07. The van der Waals surface area contributed by atoms with Crippen LogP contribution in [0, 0.1) is 0 Å². The third kappa shape index (κ3) is 6.47. The summed E-state index contributed by atoms with van der Waals surface area (Å²) in [5.41, 5.74) is -0.836. The van der Waals surface area contributed by atoms with E-state index in [1.807, 2.05) is 0 Å². The summed E-state index contributed by atoms with van der Waals surface area (Å²) in [4.78, 5) is 0. The van der Waals surface area contributed by atoms with Gasteiger partial charge < -0.3 is 5.11 Å². The summed E-state index contributed by atoms with van der Waals surface area (Å²) in [6.07, 6.45) is 3.23. The van der Waals surface area contributed by atoms with Crippen LogP contribution in [0.5, 0.6) is 0 Å². The topological polar surface area (TPSA) is 20.2 Å². The quantitative estimate of drug-likeness (QED) is 0.511. The molecule has 0 fully saturated rings. The Morgan fingerprint density at radius 1 is 1.86 bits per heavy atom. The van der Waals surface area contributed by atoms with Crippen molar-refractivity contribution >= 4 is 27.5 Å². The van der Waals surface area contributed by atoms with Crippen LogP contribution in [0.4, 0.5) is 0 Å². The minimum Gasteiger partial charge on any atom is -0.374 e. The number of aliphatic hydroxyl groups excluding tert-OH is 1. The smallest absolute Gasteiger partial charge is 0.146 e. The summed E-state index contributed by atoms with van der Waals surface area (Å²) in [6.45, 7) is 0. The van der Waals surface area contributed by atoms with Crippen molar-refractivity contribution in [1.82, 2.24) is 0 Å². The van der Waals surface area contributed by atoms with E-state index in [1.54, 1.807) is 6.08 Å². The van der Waals surface area contributed by atoms with Gasteiger partial charge in [-0.15, -0.1) is 0 Å². The normalized spacial score (nSPS) is 15.3. The van der Waals surface area contributed by atoms with Gasteiger partial charge in [0, 0.05) is 5.33 Å². The fourth-order valence-electron chi connectivity index (χ4n) is 0.164. The van der Waals surface area contributed by atoms with Crippen molar-refractivity contribution in [2.24, 2.45) is 0 Å². The first-order valence-electron chi connectivity index (χ1n) is 1.82. The van der Waals surface area contributed by atoms with E-state index in [0.717, 1.165) is 5.33 Å². The molecule has 0 heterocycles. The van der Waals surface area contributed by atoms with Gasteiger partial charge in [-0.3, -0.25) is 0 Å². The van der Waals surface area contributed by atoms with Gasteiger partial charge in [0.2, 0.25) is 0 Å². The first-order valence-corrected chi connectivity index (χ1v) is 3.38. The standard InChI is InChI=1S/C4H6BrClO/c5-3-1-2-4(6)7/h1-2,4,7H,3H2/b2-1+. The number of rotatable bonds is 2. The zero-order valence-electron chi connectivity index (χ0n) is 3.64. The Morgan fingerprint density at radius 3 is 2.57 bits per heavy atom. The number of hydrogen-bond donors (Lipinski definition) is 1. The molecule has 1 atom stereocenters. The molecule has 0 saturated carbocycles. The van der Waals surface area contributed by atoms with Crippen LogP contribution in [0.2, 0.25) is 0 Å². The van der Waals surface area contributed by atoms with E-state index < -0.39 is 5.56 Å². The third-order valence-corrected chi connectivity index (χ3v) is 0.903. The second-order valence-electron chi connectivity index (χ2n) is 0.955. The molecule has 0 aromatic heterocycles. The van der Waals surface area contributed by atoms with Crippen molar-refractivity contribution in [1.29, 1.82) is 0 Å². The molecule has 0 aromatic carbocycles. The van der Waals surface area contributed by atoms with Crippen molar-refractivity contribution < 1.29 is 5.11 Å². The monoisotopic (exact) mass is 184 g/mol. The highest BCUT2D eigenvalue weighted by Crippen LogP contribution is 1.91. The number of alkyl halides is 2. The third-order valence-electron chi connectivity index (χ3n) is 0.384.